The minimum absolute atomic E-state index is 0.0320. The van der Waals surface area contributed by atoms with Gasteiger partial charge in [0.1, 0.15) is 5.69 Å². The molecule has 0 aliphatic heterocycles. The summed E-state index contributed by atoms with van der Waals surface area (Å²) in [5, 5.41) is 16.9. The highest BCUT2D eigenvalue weighted by molar-refractivity contribution is 5.92. The number of aryl methyl sites for hydroxylation is 1. The molecular formula is C15H25N3O2. The van der Waals surface area contributed by atoms with Crippen LogP contribution in [0.25, 0.3) is 0 Å². The van der Waals surface area contributed by atoms with Gasteiger partial charge >= 0.3 is 0 Å². The molecule has 2 N–H and O–H groups in total. The quantitative estimate of drug-likeness (QED) is 0.883. The third-order valence-electron chi connectivity index (χ3n) is 4.49. The molecule has 2 atom stereocenters. The van der Waals surface area contributed by atoms with Gasteiger partial charge in [-0.3, -0.25) is 9.48 Å². The maximum Gasteiger partial charge on any atom is 0.272 e. The largest absolute Gasteiger partial charge is 0.396 e. The first-order valence-corrected chi connectivity index (χ1v) is 7.33. The van der Waals surface area contributed by atoms with Crippen LogP contribution in [0.4, 0.5) is 0 Å². The van der Waals surface area contributed by atoms with Crippen molar-refractivity contribution in [1.82, 2.24) is 15.1 Å². The second-order valence-electron chi connectivity index (χ2n) is 6.46. The molecular weight excluding hydrogens is 254 g/mol. The molecule has 5 heteroatoms. The first kappa shape index (κ1) is 15.0. The van der Waals surface area contributed by atoms with Crippen LogP contribution in [0.3, 0.4) is 0 Å². The highest BCUT2D eigenvalue weighted by atomic mass is 16.3. The van der Waals surface area contributed by atoms with E-state index >= 15 is 0 Å². The Morgan fingerprint density at radius 1 is 1.65 bits per heavy atom. The number of nitrogens with zero attached hydrogens (tertiary/aromatic N) is 2. The summed E-state index contributed by atoms with van der Waals surface area (Å²) in [6.07, 6.45) is 2.92. The Bertz CT molecular complexity index is 495. The predicted molar refractivity (Wildman–Crippen MR) is 77.6 cm³/mol. The van der Waals surface area contributed by atoms with Crippen molar-refractivity contribution in [3.8, 4) is 0 Å². The summed E-state index contributed by atoms with van der Waals surface area (Å²) in [5.41, 5.74) is 1.31. The molecule has 1 aromatic heterocycles. The number of carbonyl (C=O) groups excluding carboxylic acids is 1. The number of aromatic nitrogens is 2. The standard InChI is InChI=1S/C15H25N3O2/c1-10(2)12-8-11(17-18(12)4)14(20)16-13-6-5-7-15(13,3)9-19/h8,10,13,19H,5-7,9H2,1-4H3,(H,16,20). The topological polar surface area (TPSA) is 67.2 Å². The average molecular weight is 279 g/mol. The van der Waals surface area contributed by atoms with Gasteiger partial charge in [-0.15, -0.1) is 0 Å². The number of amides is 1. The van der Waals surface area contributed by atoms with E-state index in [0.717, 1.165) is 25.0 Å². The first-order chi connectivity index (χ1) is 9.37. The Labute approximate surface area is 120 Å². The van der Waals surface area contributed by atoms with Crippen molar-refractivity contribution in [3.05, 3.63) is 17.5 Å². The molecule has 1 fully saturated rings. The second kappa shape index (κ2) is 5.56. The lowest BCUT2D eigenvalue weighted by atomic mass is 9.86. The molecule has 1 aliphatic rings. The zero-order valence-corrected chi connectivity index (χ0v) is 12.8. The van der Waals surface area contributed by atoms with Gasteiger partial charge in [0.25, 0.3) is 5.91 Å². The van der Waals surface area contributed by atoms with E-state index < -0.39 is 0 Å². The maximum atomic E-state index is 12.3. The lowest BCUT2D eigenvalue weighted by Crippen LogP contribution is -2.44. The molecule has 2 unspecified atom stereocenters. The fourth-order valence-corrected chi connectivity index (χ4v) is 3.03. The Balaban J connectivity index is 2.11. The van der Waals surface area contributed by atoms with Gasteiger partial charge in [0, 0.05) is 24.2 Å². The Hall–Kier alpha value is -1.36. The van der Waals surface area contributed by atoms with Crippen molar-refractivity contribution >= 4 is 5.91 Å². The number of hydrogen-bond acceptors (Lipinski definition) is 3. The lowest BCUT2D eigenvalue weighted by Gasteiger charge is -2.29. The Kier molecular flexibility index (Phi) is 4.18. The SMILES string of the molecule is CC(C)c1cc(C(=O)NC2CCCC2(C)CO)nn1C. The summed E-state index contributed by atoms with van der Waals surface area (Å²) in [6.45, 7) is 6.30. The van der Waals surface area contributed by atoms with E-state index in [1.165, 1.54) is 0 Å². The number of carbonyl (C=O) groups is 1. The van der Waals surface area contributed by atoms with Gasteiger partial charge < -0.3 is 10.4 Å². The molecule has 1 amide bonds. The van der Waals surface area contributed by atoms with Gasteiger partial charge in [-0.05, 0) is 24.8 Å². The van der Waals surface area contributed by atoms with Crippen LogP contribution in [-0.2, 0) is 7.05 Å². The summed E-state index contributed by atoms with van der Waals surface area (Å²) < 4.78 is 1.76. The lowest BCUT2D eigenvalue weighted by molar-refractivity contribution is 0.0825. The highest BCUT2D eigenvalue weighted by Crippen LogP contribution is 2.37. The fourth-order valence-electron chi connectivity index (χ4n) is 3.03. The Morgan fingerprint density at radius 2 is 2.35 bits per heavy atom. The third-order valence-corrected chi connectivity index (χ3v) is 4.49. The van der Waals surface area contributed by atoms with Crippen LogP contribution in [0.15, 0.2) is 6.07 Å². The maximum absolute atomic E-state index is 12.3. The van der Waals surface area contributed by atoms with Crippen LogP contribution < -0.4 is 5.32 Å². The molecule has 5 nitrogen and oxygen atoms in total. The molecule has 20 heavy (non-hydrogen) atoms. The normalized spacial score (nSPS) is 26.2. The number of rotatable bonds is 4. The van der Waals surface area contributed by atoms with Crippen molar-refractivity contribution in [3.63, 3.8) is 0 Å². The predicted octanol–water partition coefficient (Wildman–Crippen LogP) is 1.82. The van der Waals surface area contributed by atoms with Crippen LogP contribution in [0.2, 0.25) is 0 Å². The number of nitrogens with one attached hydrogen (secondary N) is 1. The van der Waals surface area contributed by atoms with Crippen LogP contribution in [0.1, 0.15) is 62.1 Å². The van der Waals surface area contributed by atoms with Crippen molar-refractivity contribution in [1.29, 1.82) is 0 Å². The van der Waals surface area contributed by atoms with Crippen LogP contribution >= 0.6 is 0 Å². The summed E-state index contributed by atoms with van der Waals surface area (Å²) >= 11 is 0. The molecule has 112 valence electrons. The molecule has 1 aliphatic carbocycles. The molecule has 0 radical (unpaired) electrons. The summed E-state index contributed by atoms with van der Waals surface area (Å²) in [5.74, 6) is 0.197. The zero-order chi connectivity index (χ0) is 14.9. The van der Waals surface area contributed by atoms with E-state index in [1.807, 2.05) is 20.0 Å². The van der Waals surface area contributed by atoms with Gasteiger partial charge in [0.2, 0.25) is 0 Å². The molecule has 1 aromatic rings. The molecule has 1 saturated carbocycles. The van der Waals surface area contributed by atoms with Crippen molar-refractivity contribution < 1.29 is 9.90 Å². The second-order valence-corrected chi connectivity index (χ2v) is 6.46. The smallest absolute Gasteiger partial charge is 0.272 e. The van der Waals surface area contributed by atoms with Crippen molar-refractivity contribution in [2.24, 2.45) is 12.5 Å². The average Bonchev–Trinajstić information content (AvgIpc) is 2.94. The molecule has 0 aromatic carbocycles. The van der Waals surface area contributed by atoms with E-state index in [4.69, 9.17) is 0 Å². The molecule has 0 bridgehead atoms. The van der Waals surface area contributed by atoms with E-state index in [2.05, 4.69) is 24.3 Å². The number of aliphatic hydroxyl groups is 1. The highest BCUT2D eigenvalue weighted by Gasteiger charge is 2.39. The summed E-state index contributed by atoms with van der Waals surface area (Å²) in [6, 6.07) is 1.88. The van der Waals surface area contributed by atoms with E-state index in [1.54, 1.807) is 4.68 Å². The number of hydrogen-bond donors (Lipinski definition) is 2. The van der Waals surface area contributed by atoms with Crippen LogP contribution in [-0.4, -0.2) is 33.4 Å². The van der Waals surface area contributed by atoms with Gasteiger partial charge in [-0.25, -0.2) is 0 Å². The minimum atomic E-state index is -0.203. The Morgan fingerprint density at radius 3 is 2.90 bits per heavy atom. The van der Waals surface area contributed by atoms with Crippen molar-refractivity contribution in [2.45, 2.75) is 52.0 Å². The summed E-state index contributed by atoms with van der Waals surface area (Å²) in [7, 11) is 1.86. The molecule has 2 rings (SSSR count). The van der Waals surface area contributed by atoms with Gasteiger partial charge in [0.05, 0.1) is 6.61 Å². The van der Waals surface area contributed by atoms with Crippen LogP contribution in [0.5, 0.6) is 0 Å². The van der Waals surface area contributed by atoms with E-state index in [0.29, 0.717) is 11.6 Å². The summed E-state index contributed by atoms with van der Waals surface area (Å²) in [4.78, 5) is 12.3. The van der Waals surface area contributed by atoms with Crippen molar-refractivity contribution in [2.75, 3.05) is 6.61 Å². The first-order valence-electron chi connectivity index (χ1n) is 7.33. The number of aliphatic hydroxyl groups excluding tert-OH is 1. The van der Waals surface area contributed by atoms with Gasteiger partial charge in [0.15, 0.2) is 0 Å². The van der Waals surface area contributed by atoms with E-state index in [9.17, 15) is 9.90 Å². The monoisotopic (exact) mass is 279 g/mol. The third kappa shape index (κ3) is 2.73. The zero-order valence-electron chi connectivity index (χ0n) is 12.8. The van der Waals surface area contributed by atoms with Gasteiger partial charge in [-0.1, -0.05) is 27.2 Å². The fraction of sp³-hybridized carbons (Fsp3) is 0.733. The molecule has 0 spiro atoms. The van der Waals surface area contributed by atoms with E-state index in [-0.39, 0.29) is 24.0 Å². The van der Waals surface area contributed by atoms with Gasteiger partial charge in [-0.2, -0.15) is 5.10 Å². The molecule has 1 heterocycles. The minimum Gasteiger partial charge on any atom is -0.396 e. The van der Waals surface area contributed by atoms with Crippen LogP contribution in [0, 0.1) is 5.41 Å². The molecule has 0 saturated heterocycles.